The molecule has 0 bridgehead atoms. The number of nitrogens with zero attached hydrogens (tertiary/aromatic N) is 2. The van der Waals surface area contributed by atoms with Crippen molar-refractivity contribution >= 4 is 17.4 Å². The first-order valence-electron chi connectivity index (χ1n) is 4.87. The Bertz CT molecular complexity index is 371. The summed E-state index contributed by atoms with van der Waals surface area (Å²) in [4.78, 5) is 11.6. The Balaban J connectivity index is 2.76. The fourth-order valence-corrected chi connectivity index (χ4v) is 1.72. The largest absolute Gasteiger partial charge is 0.328 e. The quantitative estimate of drug-likeness (QED) is 0.845. The molecule has 0 aliphatic rings. The monoisotopic (exact) mass is 229 g/mol. The van der Waals surface area contributed by atoms with Crippen LogP contribution in [0.4, 0.5) is 0 Å². The normalized spacial score (nSPS) is 12.9. The van der Waals surface area contributed by atoms with Crippen molar-refractivity contribution < 1.29 is 4.79 Å². The molecule has 4 nitrogen and oxygen atoms in total. The number of aryl methyl sites for hydroxylation is 2. The first kappa shape index (κ1) is 12.2. The van der Waals surface area contributed by atoms with E-state index in [-0.39, 0.29) is 11.8 Å². The van der Waals surface area contributed by atoms with Crippen LogP contribution in [0.2, 0.25) is 5.02 Å². The number of nitrogens with two attached hydrogens (primary N) is 1. The van der Waals surface area contributed by atoms with Gasteiger partial charge in [0.15, 0.2) is 0 Å². The number of rotatable bonds is 4. The standard InChI is InChI=1S/C10H16ClN3O/c1-6(12)4-8(15)5-9-10(11)7(2)13-14(9)3/h6H,4-5,12H2,1-3H3. The molecule has 1 rings (SSSR count). The Morgan fingerprint density at radius 1 is 1.67 bits per heavy atom. The van der Waals surface area contributed by atoms with Gasteiger partial charge < -0.3 is 5.73 Å². The molecule has 0 aromatic carbocycles. The lowest BCUT2D eigenvalue weighted by Gasteiger charge is -2.04. The number of ketones is 1. The highest BCUT2D eigenvalue weighted by Gasteiger charge is 2.15. The third-order valence-electron chi connectivity index (χ3n) is 2.18. The van der Waals surface area contributed by atoms with Crippen molar-refractivity contribution in [2.45, 2.75) is 32.7 Å². The molecule has 5 heteroatoms. The van der Waals surface area contributed by atoms with E-state index in [9.17, 15) is 4.79 Å². The van der Waals surface area contributed by atoms with E-state index in [1.807, 2.05) is 13.8 Å². The van der Waals surface area contributed by atoms with Gasteiger partial charge in [-0.05, 0) is 13.8 Å². The average molecular weight is 230 g/mol. The van der Waals surface area contributed by atoms with Crippen LogP contribution in [0, 0.1) is 6.92 Å². The van der Waals surface area contributed by atoms with E-state index < -0.39 is 0 Å². The van der Waals surface area contributed by atoms with Crippen LogP contribution in [0.3, 0.4) is 0 Å². The number of carbonyl (C=O) groups is 1. The van der Waals surface area contributed by atoms with Gasteiger partial charge in [-0.25, -0.2) is 0 Å². The van der Waals surface area contributed by atoms with Crippen LogP contribution in [-0.4, -0.2) is 21.6 Å². The highest BCUT2D eigenvalue weighted by Crippen LogP contribution is 2.20. The summed E-state index contributed by atoms with van der Waals surface area (Å²) in [5.74, 6) is 0.0925. The number of hydrogen-bond acceptors (Lipinski definition) is 3. The molecule has 1 aromatic heterocycles. The van der Waals surface area contributed by atoms with Gasteiger partial charge in [0.25, 0.3) is 0 Å². The summed E-state index contributed by atoms with van der Waals surface area (Å²) in [6, 6.07) is -0.106. The number of Topliss-reactive ketones (excluding diaryl/α,β-unsaturated/α-hetero) is 1. The first-order valence-corrected chi connectivity index (χ1v) is 5.25. The maximum atomic E-state index is 11.6. The van der Waals surface area contributed by atoms with E-state index in [1.165, 1.54) is 0 Å². The predicted molar refractivity (Wildman–Crippen MR) is 59.9 cm³/mol. The molecule has 1 unspecified atom stereocenters. The molecule has 84 valence electrons. The van der Waals surface area contributed by atoms with E-state index >= 15 is 0 Å². The lowest BCUT2D eigenvalue weighted by Crippen LogP contribution is -2.21. The summed E-state index contributed by atoms with van der Waals surface area (Å²) in [6.07, 6.45) is 0.679. The van der Waals surface area contributed by atoms with E-state index in [1.54, 1.807) is 11.7 Å². The van der Waals surface area contributed by atoms with Crippen molar-refractivity contribution in [2.24, 2.45) is 12.8 Å². The first-order chi connectivity index (χ1) is 6.91. The van der Waals surface area contributed by atoms with Gasteiger partial charge in [0.1, 0.15) is 5.78 Å². The minimum Gasteiger partial charge on any atom is -0.328 e. The summed E-state index contributed by atoms with van der Waals surface area (Å²) in [5.41, 5.74) is 7.07. The second-order valence-corrected chi connectivity index (χ2v) is 4.24. The van der Waals surface area contributed by atoms with Crippen molar-refractivity contribution in [3.8, 4) is 0 Å². The van der Waals surface area contributed by atoms with Crippen molar-refractivity contribution in [1.29, 1.82) is 0 Å². The van der Waals surface area contributed by atoms with Crippen LogP contribution >= 0.6 is 11.6 Å². The summed E-state index contributed by atoms with van der Waals surface area (Å²) in [6.45, 7) is 3.63. The van der Waals surface area contributed by atoms with E-state index in [4.69, 9.17) is 17.3 Å². The van der Waals surface area contributed by atoms with Crippen LogP contribution in [-0.2, 0) is 18.3 Å². The van der Waals surface area contributed by atoms with E-state index in [0.29, 0.717) is 17.9 Å². The summed E-state index contributed by atoms with van der Waals surface area (Å²) in [7, 11) is 1.79. The van der Waals surface area contributed by atoms with Crippen molar-refractivity contribution in [2.75, 3.05) is 0 Å². The number of halogens is 1. The summed E-state index contributed by atoms with van der Waals surface area (Å²) < 4.78 is 1.65. The van der Waals surface area contributed by atoms with Gasteiger partial charge in [0.2, 0.25) is 0 Å². The third kappa shape index (κ3) is 3.04. The minimum absolute atomic E-state index is 0.0925. The van der Waals surface area contributed by atoms with Crippen LogP contribution < -0.4 is 5.73 Å². The molecular formula is C10H16ClN3O. The molecular weight excluding hydrogens is 214 g/mol. The zero-order chi connectivity index (χ0) is 11.6. The Morgan fingerprint density at radius 2 is 2.27 bits per heavy atom. The number of hydrogen-bond donors (Lipinski definition) is 1. The van der Waals surface area contributed by atoms with Gasteiger partial charge >= 0.3 is 0 Å². The predicted octanol–water partition coefficient (Wildman–Crippen LogP) is 1.23. The van der Waals surface area contributed by atoms with Gasteiger partial charge in [0, 0.05) is 25.9 Å². The van der Waals surface area contributed by atoms with Crippen molar-refractivity contribution in [1.82, 2.24) is 9.78 Å². The molecule has 0 saturated carbocycles. The molecule has 0 aliphatic carbocycles. The molecule has 0 aliphatic heterocycles. The SMILES string of the molecule is Cc1nn(C)c(CC(=O)CC(C)N)c1Cl. The number of carbonyl (C=O) groups excluding carboxylic acids is 1. The molecule has 2 N–H and O–H groups in total. The Hall–Kier alpha value is -0.870. The lowest BCUT2D eigenvalue weighted by molar-refractivity contribution is -0.118. The average Bonchev–Trinajstić information content (AvgIpc) is 2.31. The molecule has 1 aromatic rings. The Morgan fingerprint density at radius 3 is 2.67 bits per heavy atom. The van der Waals surface area contributed by atoms with Gasteiger partial charge in [-0.3, -0.25) is 9.48 Å². The molecule has 0 spiro atoms. The highest BCUT2D eigenvalue weighted by molar-refractivity contribution is 6.32. The summed E-state index contributed by atoms with van der Waals surface area (Å²) >= 11 is 6.03. The van der Waals surface area contributed by atoms with Crippen molar-refractivity contribution in [3.05, 3.63) is 16.4 Å². The van der Waals surface area contributed by atoms with Gasteiger partial charge in [-0.2, -0.15) is 5.10 Å². The molecule has 1 atom stereocenters. The molecule has 1 heterocycles. The van der Waals surface area contributed by atoms with Crippen LogP contribution in [0.1, 0.15) is 24.7 Å². The lowest BCUT2D eigenvalue weighted by atomic mass is 10.1. The van der Waals surface area contributed by atoms with Crippen molar-refractivity contribution in [3.63, 3.8) is 0 Å². The van der Waals surface area contributed by atoms with Crippen LogP contribution in [0.5, 0.6) is 0 Å². The van der Waals surface area contributed by atoms with Crippen LogP contribution in [0.25, 0.3) is 0 Å². The van der Waals surface area contributed by atoms with Gasteiger partial charge in [-0.1, -0.05) is 11.6 Å². The molecule has 0 fully saturated rings. The maximum Gasteiger partial charge on any atom is 0.140 e. The summed E-state index contributed by atoms with van der Waals surface area (Å²) in [5, 5.41) is 4.72. The fourth-order valence-electron chi connectivity index (χ4n) is 1.49. The van der Waals surface area contributed by atoms with E-state index in [2.05, 4.69) is 5.10 Å². The third-order valence-corrected chi connectivity index (χ3v) is 2.67. The minimum atomic E-state index is -0.106. The smallest absolute Gasteiger partial charge is 0.140 e. The van der Waals surface area contributed by atoms with Gasteiger partial charge in [-0.15, -0.1) is 0 Å². The van der Waals surface area contributed by atoms with E-state index in [0.717, 1.165) is 11.4 Å². The molecule has 0 saturated heterocycles. The second kappa shape index (κ2) is 4.77. The highest BCUT2D eigenvalue weighted by atomic mass is 35.5. The zero-order valence-electron chi connectivity index (χ0n) is 9.25. The zero-order valence-corrected chi connectivity index (χ0v) is 10.0. The molecule has 0 radical (unpaired) electrons. The Labute approximate surface area is 94.4 Å². The molecule has 15 heavy (non-hydrogen) atoms. The number of aromatic nitrogens is 2. The Kier molecular flexibility index (Phi) is 3.88. The molecule has 0 amide bonds. The topological polar surface area (TPSA) is 60.9 Å². The fraction of sp³-hybridized carbons (Fsp3) is 0.600. The second-order valence-electron chi connectivity index (χ2n) is 3.87. The maximum absolute atomic E-state index is 11.6. The van der Waals surface area contributed by atoms with Gasteiger partial charge in [0.05, 0.1) is 16.4 Å². The van der Waals surface area contributed by atoms with Crippen LogP contribution in [0.15, 0.2) is 0 Å².